The summed E-state index contributed by atoms with van der Waals surface area (Å²) in [5, 5.41) is 0.408. The summed E-state index contributed by atoms with van der Waals surface area (Å²) in [5.74, 6) is 0.659. The van der Waals surface area contributed by atoms with Gasteiger partial charge in [-0.1, -0.05) is 11.6 Å². The summed E-state index contributed by atoms with van der Waals surface area (Å²) in [7, 11) is 3.31. The standard InChI is InChI=1S/C11H14BrClN2O2/c1-16-6-7-8(12)9(13)15-10(14-7)11(17-2)4-3-5-11/h3-6H2,1-2H3. The lowest BCUT2D eigenvalue weighted by molar-refractivity contribution is -0.0849. The molecule has 0 amide bonds. The number of methoxy groups -OCH3 is 2. The third kappa shape index (κ3) is 2.34. The summed E-state index contributed by atoms with van der Waals surface area (Å²) >= 11 is 9.46. The summed E-state index contributed by atoms with van der Waals surface area (Å²) in [6.45, 7) is 0.398. The second-order valence-corrected chi connectivity index (χ2v) is 5.23. The van der Waals surface area contributed by atoms with Crippen LogP contribution in [0.3, 0.4) is 0 Å². The second kappa shape index (κ2) is 5.18. The zero-order valence-electron chi connectivity index (χ0n) is 9.80. The van der Waals surface area contributed by atoms with Crippen molar-refractivity contribution in [3.63, 3.8) is 0 Å². The molecular weight excluding hydrogens is 307 g/mol. The molecule has 1 fully saturated rings. The molecule has 0 aliphatic heterocycles. The van der Waals surface area contributed by atoms with Crippen LogP contribution in [0.1, 0.15) is 30.8 Å². The minimum atomic E-state index is -0.354. The number of ether oxygens (including phenoxy) is 2. The highest BCUT2D eigenvalue weighted by molar-refractivity contribution is 9.10. The second-order valence-electron chi connectivity index (χ2n) is 4.08. The van der Waals surface area contributed by atoms with Gasteiger partial charge in [0.25, 0.3) is 0 Å². The molecule has 0 radical (unpaired) electrons. The van der Waals surface area contributed by atoms with Crippen LogP contribution in [-0.4, -0.2) is 24.2 Å². The molecule has 4 nitrogen and oxygen atoms in total. The molecule has 1 saturated carbocycles. The molecule has 0 bridgehead atoms. The van der Waals surface area contributed by atoms with E-state index < -0.39 is 0 Å². The minimum absolute atomic E-state index is 0.354. The first-order valence-corrected chi connectivity index (χ1v) is 6.56. The molecule has 1 aliphatic rings. The maximum Gasteiger partial charge on any atom is 0.162 e. The summed E-state index contributed by atoms with van der Waals surface area (Å²) in [5.41, 5.74) is 0.401. The average molecular weight is 322 g/mol. The SMILES string of the molecule is COCc1nc(C2(OC)CCC2)nc(Cl)c1Br. The van der Waals surface area contributed by atoms with Crippen molar-refractivity contribution in [2.24, 2.45) is 0 Å². The van der Waals surface area contributed by atoms with Gasteiger partial charge in [0.15, 0.2) is 5.82 Å². The van der Waals surface area contributed by atoms with Gasteiger partial charge in [-0.25, -0.2) is 9.97 Å². The van der Waals surface area contributed by atoms with E-state index in [0.29, 0.717) is 22.1 Å². The Bertz CT molecular complexity index is 419. The van der Waals surface area contributed by atoms with Crippen LogP contribution in [0.25, 0.3) is 0 Å². The third-order valence-corrected chi connectivity index (χ3v) is 4.45. The van der Waals surface area contributed by atoms with Crippen LogP contribution in [-0.2, 0) is 21.7 Å². The Morgan fingerprint density at radius 3 is 2.53 bits per heavy atom. The first-order valence-electron chi connectivity index (χ1n) is 5.39. The van der Waals surface area contributed by atoms with E-state index in [0.717, 1.165) is 25.0 Å². The van der Waals surface area contributed by atoms with E-state index >= 15 is 0 Å². The Balaban J connectivity index is 2.41. The van der Waals surface area contributed by atoms with E-state index in [9.17, 15) is 0 Å². The van der Waals surface area contributed by atoms with Gasteiger partial charge >= 0.3 is 0 Å². The minimum Gasteiger partial charge on any atom is -0.378 e. The number of nitrogens with zero attached hydrogens (tertiary/aromatic N) is 2. The fraction of sp³-hybridized carbons (Fsp3) is 0.636. The van der Waals surface area contributed by atoms with Gasteiger partial charge in [0.05, 0.1) is 16.8 Å². The molecule has 6 heteroatoms. The van der Waals surface area contributed by atoms with Crippen LogP contribution in [0.4, 0.5) is 0 Å². The van der Waals surface area contributed by atoms with Gasteiger partial charge in [-0.2, -0.15) is 0 Å². The van der Waals surface area contributed by atoms with Gasteiger partial charge in [0, 0.05) is 14.2 Å². The van der Waals surface area contributed by atoms with Crippen molar-refractivity contribution in [2.75, 3.05) is 14.2 Å². The van der Waals surface area contributed by atoms with Crippen LogP contribution >= 0.6 is 27.5 Å². The van der Waals surface area contributed by atoms with Crippen molar-refractivity contribution >= 4 is 27.5 Å². The van der Waals surface area contributed by atoms with Crippen molar-refractivity contribution in [1.29, 1.82) is 0 Å². The summed E-state index contributed by atoms with van der Waals surface area (Å²) in [6, 6.07) is 0. The fourth-order valence-electron chi connectivity index (χ4n) is 1.92. The quantitative estimate of drug-likeness (QED) is 0.800. The normalized spacial score (nSPS) is 17.9. The summed E-state index contributed by atoms with van der Waals surface area (Å²) in [4.78, 5) is 8.80. The molecule has 0 spiro atoms. The largest absolute Gasteiger partial charge is 0.378 e. The first-order chi connectivity index (χ1) is 8.13. The average Bonchev–Trinajstić information content (AvgIpc) is 2.24. The number of hydrogen-bond donors (Lipinski definition) is 0. The molecule has 0 N–H and O–H groups in total. The molecule has 0 saturated heterocycles. The Morgan fingerprint density at radius 1 is 1.35 bits per heavy atom. The van der Waals surface area contributed by atoms with Gasteiger partial charge in [-0.15, -0.1) is 0 Å². The molecular formula is C11H14BrClN2O2. The molecule has 1 aromatic rings. The molecule has 0 aromatic carbocycles. The molecule has 1 aromatic heterocycles. The highest BCUT2D eigenvalue weighted by atomic mass is 79.9. The lowest BCUT2D eigenvalue weighted by Gasteiger charge is -2.39. The van der Waals surface area contributed by atoms with Gasteiger partial charge in [0.1, 0.15) is 10.8 Å². The zero-order chi connectivity index (χ0) is 12.5. The predicted molar refractivity (Wildman–Crippen MR) is 68.0 cm³/mol. The maximum atomic E-state index is 6.09. The highest BCUT2D eigenvalue weighted by Crippen LogP contribution is 2.43. The molecule has 94 valence electrons. The lowest BCUT2D eigenvalue weighted by atomic mass is 9.79. The van der Waals surface area contributed by atoms with E-state index in [1.165, 1.54) is 0 Å². The number of hydrogen-bond acceptors (Lipinski definition) is 4. The zero-order valence-corrected chi connectivity index (χ0v) is 12.1. The molecule has 1 heterocycles. The van der Waals surface area contributed by atoms with E-state index in [4.69, 9.17) is 21.1 Å². The predicted octanol–water partition coefficient (Wildman–Crippen LogP) is 3.06. The Morgan fingerprint density at radius 2 is 2.06 bits per heavy atom. The van der Waals surface area contributed by atoms with Crippen molar-refractivity contribution in [2.45, 2.75) is 31.5 Å². The van der Waals surface area contributed by atoms with Crippen LogP contribution in [0.5, 0.6) is 0 Å². The lowest BCUT2D eigenvalue weighted by Crippen LogP contribution is -2.38. The van der Waals surface area contributed by atoms with E-state index in [2.05, 4.69) is 25.9 Å². The van der Waals surface area contributed by atoms with Crippen LogP contribution in [0.15, 0.2) is 4.47 Å². The maximum absolute atomic E-state index is 6.09. The number of halogens is 2. The monoisotopic (exact) mass is 320 g/mol. The van der Waals surface area contributed by atoms with Crippen molar-refractivity contribution in [1.82, 2.24) is 9.97 Å². The van der Waals surface area contributed by atoms with E-state index in [-0.39, 0.29) is 5.60 Å². The van der Waals surface area contributed by atoms with Gasteiger partial charge in [0.2, 0.25) is 0 Å². The molecule has 17 heavy (non-hydrogen) atoms. The van der Waals surface area contributed by atoms with Crippen molar-refractivity contribution in [3.8, 4) is 0 Å². The Hall–Kier alpha value is -0.230. The number of rotatable bonds is 4. The van der Waals surface area contributed by atoms with Gasteiger partial charge in [-0.3, -0.25) is 0 Å². The van der Waals surface area contributed by atoms with Crippen LogP contribution in [0, 0.1) is 0 Å². The topological polar surface area (TPSA) is 44.2 Å². The smallest absolute Gasteiger partial charge is 0.162 e. The third-order valence-electron chi connectivity index (χ3n) is 3.12. The molecule has 0 unspecified atom stereocenters. The Kier molecular flexibility index (Phi) is 4.02. The molecule has 2 rings (SSSR count). The summed E-state index contributed by atoms with van der Waals surface area (Å²) in [6.07, 6.45) is 3.01. The first kappa shape index (κ1) is 13.2. The van der Waals surface area contributed by atoms with Gasteiger partial charge in [-0.05, 0) is 35.2 Å². The van der Waals surface area contributed by atoms with E-state index in [1.807, 2.05) is 0 Å². The number of aromatic nitrogens is 2. The fourth-order valence-corrected chi connectivity index (χ4v) is 2.40. The van der Waals surface area contributed by atoms with Crippen molar-refractivity contribution in [3.05, 3.63) is 21.1 Å². The highest BCUT2D eigenvalue weighted by Gasteiger charge is 2.42. The molecule has 0 atom stereocenters. The molecule has 1 aliphatic carbocycles. The van der Waals surface area contributed by atoms with Gasteiger partial charge < -0.3 is 9.47 Å². The Labute approximate surface area is 114 Å². The van der Waals surface area contributed by atoms with Crippen molar-refractivity contribution < 1.29 is 9.47 Å². The van der Waals surface area contributed by atoms with E-state index in [1.54, 1.807) is 14.2 Å². The summed E-state index contributed by atoms with van der Waals surface area (Å²) < 4.78 is 11.3. The van der Waals surface area contributed by atoms with Crippen LogP contribution < -0.4 is 0 Å². The van der Waals surface area contributed by atoms with Crippen LogP contribution in [0.2, 0.25) is 5.15 Å².